The van der Waals surface area contributed by atoms with E-state index in [-0.39, 0.29) is 12.7 Å². The molecule has 6 heteroatoms. The highest BCUT2D eigenvalue weighted by atomic mass is 19.4. The van der Waals surface area contributed by atoms with Crippen LogP contribution in [0.5, 0.6) is 5.75 Å². The normalized spacial score (nSPS) is 11.7. The van der Waals surface area contributed by atoms with E-state index < -0.39 is 6.18 Å². The lowest BCUT2D eigenvalue weighted by molar-refractivity contribution is -0.0801. The van der Waals surface area contributed by atoms with Gasteiger partial charge < -0.3 is 4.74 Å². The van der Waals surface area contributed by atoms with Gasteiger partial charge in [0.05, 0.1) is 0 Å². The molecule has 162 valence electrons. The molecule has 0 aliphatic rings. The molecule has 0 aliphatic heterocycles. The van der Waals surface area contributed by atoms with Crippen LogP contribution in [-0.4, -0.2) is 22.8 Å². The van der Waals surface area contributed by atoms with Crippen molar-refractivity contribution in [2.24, 2.45) is 0 Å². The van der Waals surface area contributed by atoms with Crippen LogP contribution in [0.3, 0.4) is 0 Å². The van der Waals surface area contributed by atoms with E-state index in [0.717, 1.165) is 41.2 Å². The number of hydrogen-bond acceptors (Lipinski definition) is 3. The molecule has 3 rings (SSSR count). The first-order valence-electron chi connectivity index (χ1n) is 10.3. The number of hydrogen-bond donors (Lipinski definition) is 0. The Bertz CT molecular complexity index is 964. The van der Waals surface area contributed by atoms with Gasteiger partial charge in [-0.05, 0) is 47.7 Å². The number of unbranched alkanes of at least 4 members (excludes halogenated alkanes) is 2. The highest BCUT2D eigenvalue weighted by Crippen LogP contribution is 2.25. The zero-order valence-electron chi connectivity index (χ0n) is 17.4. The maximum Gasteiger partial charge on any atom is 0.409 e. The summed E-state index contributed by atoms with van der Waals surface area (Å²) in [4.78, 5) is 8.98. The van der Waals surface area contributed by atoms with Crippen molar-refractivity contribution in [2.75, 3.05) is 6.61 Å². The van der Waals surface area contributed by atoms with Gasteiger partial charge in [-0.15, -0.1) is 0 Å². The quantitative estimate of drug-likeness (QED) is 0.272. The molecule has 31 heavy (non-hydrogen) atoms. The minimum Gasteiger partial charge on any atom is -0.490 e. The minimum atomic E-state index is -4.32. The molecule has 1 aromatic heterocycles. The van der Waals surface area contributed by atoms with E-state index in [0.29, 0.717) is 11.6 Å². The number of aromatic nitrogens is 2. The monoisotopic (exact) mass is 426 g/mol. The molecule has 0 bridgehead atoms. The molecule has 0 radical (unpaired) electrons. The van der Waals surface area contributed by atoms with Crippen molar-refractivity contribution >= 4 is 0 Å². The van der Waals surface area contributed by atoms with Gasteiger partial charge in [-0.2, -0.15) is 13.2 Å². The third kappa shape index (κ3) is 7.24. The molecule has 3 aromatic rings. The fourth-order valence-corrected chi connectivity index (χ4v) is 3.09. The molecule has 1 heterocycles. The Kier molecular flexibility index (Phi) is 7.82. The first-order valence-corrected chi connectivity index (χ1v) is 10.3. The van der Waals surface area contributed by atoms with Gasteiger partial charge in [0.2, 0.25) is 0 Å². The van der Waals surface area contributed by atoms with Gasteiger partial charge in [0, 0.05) is 24.0 Å². The lowest BCUT2D eigenvalue weighted by Gasteiger charge is -2.07. The van der Waals surface area contributed by atoms with Gasteiger partial charge in [0.25, 0.3) is 0 Å². The Morgan fingerprint density at radius 1 is 0.839 bits per heavy atom. The maximum absolute atomic E-state index is 12.1. The number of alkyl halides is 3. The highest BCUT2D eigenvalue weighted by Gasteiger charge is 2.21. The summed E-state index contributed by atoms with van der Waals surface area (Å²) in [6, 6.07) is 15.2. The molecule has 0 saturated carbocycles. The van der Waals surface area contributed by atoms with Crippen molar-refractivity contribution in [3.63, 3.8) is 0 Å². The summed E-state index contributed by atoms with van der Waals surface area (Å²) in [7, 11) is 0. The molecular weight excluding hydrogens is 401 g/mol. The van der Waals surface area contributed by atoms with E-state index in [9.17, 15) is 13.2 Å². The van der Waals surface area contributed by atoms with Crippen LogP contribution < -0.4 is 4.74 Å². The summed E-state index contributed by atoms with van der Waals surface area (Å²) >= 11 is 0. The molecule has 0 aliphatic carbocycles. The zero-order valence-corrected chi connectivity index (χ0v) is 17.4. The van der Waals surface area contributed by atoms with E-state index in [1.165, 1.54) is 12.8 Å². The lowest BCUT2D eigenvalue weighted by atomic mass is 10.0. The van der Waals surface area contributed by atoms with Crippen LogP contribution in [0.4, 0.5) is 13.2 Å². The Morgan fingerprint density at radius 2 is 1.42 bits per heavy atom. The van der Waals surface area contributed by atoms with Crippen molar-refractivity contribution in [1.29, 1.82) is 0 Å². The molecule has 0 N–H and O–H groups in total. The molecule has 0 amide bonds. The summed E-state index contributed by atoms with van der Waals surface area (Å²) in [6.45, 7) is 2.05. The third-order valence-electron chi connectivity index (χ3n) is 4.76. The standard InChI is InChI=1S/C25H25F3N2O/c1-2-3-4-6-19-17-29-24(30-18-19)22-9-7-20(8-10-22)21-11-13-23(14-12-21)31-16-5-15-25(26,27)28/h5,7-15,17-18H,2-4,6,16H2,1H3/b15-5+. The number of rotatable bonds is 9. The second-order valence-electron chi connectivity index (χ2n) is 7.23. The molecule has 0 saturated heterocycles. The van der Waals surface area contributed by atoms with E-state index in [1.54, 1.807) is 12.1 Å². The fourth-order valence-electron chi connectivity index (χ4n) is 3.09. The van der Waals surface area contributed by atoms with Crippen LogP contribution in [0.1, 0.15) is 31.7 Å². The summed E-state index contributed by atoms with van der Waals surface area (Å²) < 4.78 is 41.6. The second kappa shape index (κ2) is 10.8. The number of halogens is 3. The maximum atomic E-state index is 12.1. The average molecular weight is 426 g/mol. The van der Waals surface area contributed by atoms with Crippen molar-refractivity contribution < 1.29 is 17.9 Å². The zero-order chi connectivity index (χ0) is 22.1. The van der Waals surface area contributed by atoms with Crippen molar-refractivity contribution in [2.45, 2.75) is 38.8 Å². The Labute approximate surface area is 180 Å². The molecule has 3 nitrogen and oxygen atoms in total. The molecule has 0 spiro atoms. The number of allylic oxidation sites excluding steroid dienone is 1. The van der Waals surface area contributed by atoms with Crippen LogP contribution in [0, 0.1) is 0 Å². The fraction of sp³-hybridized carbons (Fsp3) is 0.280. The number of aryl methyl sites for hydroxylation is 1. The van der Waals surface area contributed by atoms with Gasteiger partial charge in [0.1, 0.15) is 12.4 Å². The summed E-state index contributed by atoms with van der Waals surface area (Å²) in [5, 5.41) is 0. The SMILES string of the molecule is CCCCCc1cnc(-c2ccc(-c3ccc(OC/C=C/C(F)(F)F)cc3)cc2)nc1. The third-order valence-corrected chi connectivity index (χ3v) is 4.76. The minimum absolute atomic E-state index is 0.134. The molecule has 0 fully saturated rings. The van der Waals surface area contributed by atoms with Gasteiger partial charge >= 0.3 is 6.18 Å². The van der Waals surface area contributed by atoms with Crippen LogP contribution in [0.2, 0.25) is 0 Å². The van der Waals surface area contributed by atoms with Gasteiger partial charge in [-0.3, -0.25) is 0 Å². The van der Waals surface area contributed by atoms with Gasteiger partial charge in [0.15, 0.2) is 5.82 Å². The molecular formula is C25H25F3N2O. The summed E-state index contributed by atoms with van der Waals surface area (Å²) in [6.07, 6.45) is 5.17. The van der Waals surface area contributed by atoms with E-state index in [1.807, 2.05) is 48.8 Å². The van der Waals surface area contributed by atoms with Crippen LogP contribution in [-0.2, 0) is 6.42 Å². The first kappa shape index (κ1) is 22.5. The van der Waals surface area contributed by atoms with E-state index >= 15 is 0 Å². The second-order valence-corrected chi connectivity index (χ2v) is 7.23. The Morgan fingerprint density at radius 3 is 2.00 bits per heavy atom. The van der Waals surface area contributed by atoms with Crippen LogP contribution in [0.25, 0.3) is 22.5 Å². The Balaban J connectivity index is 1.59. The number of benzene rings is 2. The van der Waals surface area contributed by atoms with Crippen molar-refractivity contribution in [3.05, 3.63) is 78.6 Å². The molecule has 0 unspecified atom stereocenters. The van der Waals surface area contributed by atoms with Crippen molar-refractivity contribution in [3.8, 4) is 28.3 Å². The topological polar surface area (TPSA) is 35.0 Å². The van der Waals surface area contributed by atoms with Crippen LogP contribution >= 0.6 is 0 Å². The van der Waals surface area contributed by atoms with E-state index in [2.05, 4.69) is 16.9 Å². The predicted molar refractivity (Wildman–Crippen MR) is 117 cm³/mol. The van der Waals surface area contributed by atoms with Crippen molar-refractivity contribution in [1.82, 2.24) is 9.97 Å². The first-order chi connectivity index (χ1) is 14.9. The summed E-state index contributed by atoms with van der Waals surface area (Å²) in [5.74, 6) is 1.21. The average Bonchev–Trinajstić information content (AvgIpc) is 2.77. The number of nitrogens with zero attached hydrogens (tertiary/aromatic N) is 2. The van der Waals surface area contributed by atoms with Gasteiger partial charge in [-0.25, -0.2) is 9.97 Å². The molecule has 0 atom stereocenters. The predicted octanol–water partition coefficient (Wildman–Crippen LogP) is 7.04. The smallest absolute Gasteiger partial charge is 0.409 e. The highest BCUT2D eigenvalue weighted by molar-refractivity contribution is 5.68. The molecule has 2 aromatic carbocycles. The lowest BCUT2D eigenvalue weighted by Crippen LogP contribution is -2.02. The largest absolute Gasteiger partial charge is 0.490 e. The van der Waals surface area contributed by atoms with Crippen LogP contribution in [0.15, 0.2) is 73.1 Å². The van der Waals surface area contributed by atoms with E-state index in [4.69, 9.17) is 4.74 Å². The number of ether oxygens (including phenoxy) is 1. The Hall–Kier alpha value is -3.15. The van der Waals surface area contributed by atoms with Gasteiger partial charge in [-0.1, -0.05) is 56.2 Å². The summed E-state index contributed by atoms with van der Waals surface area (Å²) in [5.41, 5.74) is 4.10.